The molecule has 0 N–H and O–H groups in total. The normalized spacial score (nSPS) is 11.6. The molecule has 9 aromatic carbocycles. The van der Waals surface area contributed by atoms with Gasteiger partial charge in [-0.25, -0.2) is 4.98 Å². The number of hydrogen-bond acceptors (Lipinski definition) is 3. The number of nitrogens with zero attached hydrogens (tertiary/aromatic N) is 2. The van der Waals surface area contributed by atoms with E-state index in [1.807, 2.05) is 24.5 Å². The van der Waals surface area contributed by atoms with Gasteiger partial charge in [-0.3, -0.25) is 4.98 Å². The second-order valence-electron chi connectivity index (χ2n) is 15.8. The number of pyridine rings is 2. The van der Waals surface area contributed by atoms with Gasteiger partial charge in [0.05, 0.1) is 0 Å². The highest BCUT2D eigenvalue weighted by Crippen LogP contribution is 2.40. The lowest BCUT2D eigenvalue weighted by atomic mass is 9.90. The van der Waals surface area contributed by atoms with E-state index in [-0.39, 0.29) is 0 Å². The number of benzene rings is 9. The van der Waals surface area contributed by atoms with Crippen molar-refractivity contribution in [1.82, 2.24) is 9.97 Å². The predicted molar refractivity (Wildman–Crippen MR) is 254 cm³/mol. The summed E-state index contributed by atoms with van der Waals surface area (Å²) in [6.07, 6.45) is 5.55. The fourth-order valence-corrected chi connectivity index (χ4v) is 9.23. The highest BCUT2D eigenvalue weighted by atomic mass is 16.3. The Labute approximate surface area is 352 Å². The molecule has 12 rings (SSSR count). The zero-order valence-corrected chi connectivity index (χ0v) is 33.1. The summed E-state index contributed by atoms with van der Waals surface area (Å²) >= 11 is 0. The summed E-state index contributed by atoms with van der Waals surface area (Å²) in [7, 11) is 0. The van der Waals surface area contributed by atoms with Crippen LogP contribution in [0.4, 0.5) is 0 Å². The molecule has 0 fully saturated rings. The maximum absolute atomic E-state index is 6.32. The SMILES string of the molecule is c1cncc(-c2cc(-c3cccc(-c4cccc(-c5cccc6c5oc5ncccc56)c4)c3)cc(-c3cccc(-c4ccc5c6ccccc6c6ccccc6c5c4)c3)c2)c1. The van der Waals surface area contributed by atoms with Crippen LogP contribution in [-0.2, 0) is 0 Å². The third-order valence-corrected chi connectivity index (χ3v) is 12.2. The van der Waals surface area contributed by atoms with E-state index in [2.05, 4.69) is 198 Å². The molecule has 0 aliphatic heterocycles. The van der Waals surface area contributed by atoms with E-state index < -0.39 is 0 Å². The number of rotatable bonds is 6. The lowest BCUT2D eigenvalue weighted by molar-refractivity contribution is 0.655. The summed E-state index contributed by atoms with van der Waals surface area (Å²) < 4.78 is 6.32. The van der Waals surface area contributed by atoms with Crippen molar-refractivity contribution >= 4 is 54.4 Å². The summed E-state index contributed by atoms with van der Waals surface area (Å²) in [6, 6.07) is 72.4. The van der Waals surface area contributed by atoms with Crippen LogP contribution in [0, 0.1) is 0 Å². The van der Waals surface area contributed by atoms with Crippen molar-refractivity contribution in [1.29, 1.82) is 0 Å². The van der Waals surface area contributed by atoms with Crippen molar-refractivity contribution in [3.05, 3.63) is 219 Å². The Morgan fingerprint density at radius 3 is 1.34 bits per heavy atom. The predicted octanol–water partition coefficient (Wildman–Crippen LogP) is 15.8. The van der Waals surface area contributed by atoms with Crippen molar-refractivity contribution < 1.29 is 4.42 Å². The standard InChI is InChI=1S/C58H36N2O/c1-2-20-51-49(18-1)50-19-3-4-21-52(50)56-35-42(25-26-53(51)56)38-12-6-15-41(30-38)46-32-45(33-47(34-46)44-17-9-27-59-36-44)40-14-5-11-37(29-40)39-13-7-16-43(31-39)48-22-8-23-54-55-24-10-28-60-58(55)61-57(48)54/h1-36H. The van der Waals surface area contributed by atoms with Gasteiger partial charge in [0.15, 0.2) is 0 Å². The number of para-hydroxylation sites is 1. The first-order valence-electron chi connectivity index (χ1n) is 20.7. The molecule has 61 heavy (non-hydrogen) atoms. The van der Waals surface area contributed by atoms with Gasteiger partial charge < -0.3 is 4.42 Å². The summed E-state index contributed by atoms with van der Waals surface area (Å²) in [5, 5.41) is 9.78. The van der Waals surface area contributed by atoms with Crippen LogP contribution < -0.4 is 0 Å². The molecule has 3 heteroatoms. The molecule has 0 aliphatic rings. The average molecular weight is 777 g/mol. The first-order chi connectivity index (χ1) is 30.2. The van der Waals surface area contributed by atoms with Gasteiger partial charge in [0.25, 0.3) is 0 Å². The Morgan fingerprint density at radius 1 is 0.279 bits per heavy atom. The fourth-order valence-electron chi connectivity index (χ4n) is 9.23. The zero-order valence-electron chi connectivity index (χ0n) is 33.1. The first-order valence-corrected chi connectivity index (χ1v) is 20.7. The van der Waals surface area contributed by atoms with Crippen molar-refractivity contribution in [2.75, 3.05) is 0 Å². The highest BCUT2D eigenvalue weighted by molar-refractivity contribution is 6.25. The van der Waals surface area contributed by atoms with Gasteiger partial charge in [-0.1, -0.05) is 140 Å². The van der Waals surface area contributed by atoms with Gasteiger partial charge in [-0.2, -0.15) is 0 Å². The van der Waals surface area contributed by atoms with Crippen LogP contribution in [0.15, 0.2) is 223 Å². The van der Waals surface area contributed by atoms with Crippen LogP contribution in [0.5, 0.6) is 0 Å². The first kappa shape index (κ1) is 34.9. The summed E-state index contributed by atoms with van der Waals surface area (Å²) in [6.45, 7) is 0. The second-order valence-corrected chi connectivity index (χ2v) is 15.8. The minimum Gasteiger partial charge on any atom is -0.437 e. The van der Waals surface area contributed by atoms with Crippen LogP contribution in [0.3, 0.4) is 0 Å². The van der Waals surface area contributed by atoms with E-state index in [0.29, 0.717) is 5.71 Å². The van der Waals surface area contributed by atoms with Gasteiger partial charge >= 0.3 is 0 Å². The molecule has 0 radical (unpaired) electrons. The maximum atomic E-state index is 6.32. The molecule has 0 atom stereocenters. The quantitative estimate of drug-likeness (QED) is 0.158. The minimum absolute atomic E-state index is 0.657. The summed E-state index contributed by atoms with van der Waals surface area (Å²) in [5.74, 6) is 0. The number of furan rings is 1. The Bertz CT molecular complexity index is 3620. The largest absolute Gasteiger partial charge is 0.437 e. The fraction of sp³-hybridized carbons (Fsp3) is 0. The van der Waals surface area contributed by atoms with E-state index in [4.69, 9.17) is 4.42 Å². The highest BCUT2D eigenvalue weighted by Gasteiger charge is 2.15. The molecule has 0 spiro atoms. The molecule has 12 aromatic rings. The summed E-state index contributed by atoms with van der Waals surface area (Å²) in [5.41, 5.74) is 15.1. The van der Waals surface area contributed by atoms with E-state index in [1.165, 1.54) is 43.4 Å². The molecular formula is C58H36N2O. The molecule has 284 valence electrons. The molecule has 0 saturated heterocycles. The van der Waals surface area contributed by atoms with Crippen molar-refractivity contribution in [3.8, 4) is 66.8 Å². The lowest BCUT2D eigenvalue weighted by Gasteiger charge is -2.14. The molecule has 3 aromatic heterocycles. The van der Waals surface area contributed by atoms with E-state index in [1.54, 1.807) is 6.20 Å². The Morgan fingerprint density at radius 2 is 0.721 bits per heavy atom. The third-order valence-electron chi connectivity index (χ3n) is 12.2. The monoisotopic (exact) mass is 776 g/mol. The average Bonchev–Trinajstić information content (AvgIpc) is 3.73. The van der Waals surface area contributed by atoms with Crippen LogP contribution in [-0.4, -0.2) is 9.97 Å². The molecule has 0 unspecified atom stereocenters. The Balaban J connectivity index is 0.950. The van der Waals surface area contributed by atoms with Gasteiger partial charge in [0.1, 0.15) is 5.58 Å². The molecule has 0 bridgehead atoms. The Hall–Kier alpha value is -8.14. The third kappa shape index (κ3) is 6.06. The maximum Gasteiger partial charge on any atom is 0.227 e. The van der Waals surface area contributed by atoms with Crippen LogP contribution >= 0.6 is 0 Å². The van der Waals surface area contributed by atoms with Crippen LogP contribution in [0.2, 0.25) is 0 Å². The van der Waals surface area contributed by atoms with Crippen molar-refractivity contribution in [3.63, 3.8) is 0 Å². The van der Waals surface area contributed by atoms with Crippen molar-refractivity contribution in [2.24, 2.45) is 0 Å². The number of fused-ring (bicyclic) bond motifs is 9. The molecule has 0 amide bonds. The zero-order chi connectivity index (χ0) is 40.3. The number of aromatic nitrogens is 2. The topological polar surface area (TPSA) is 38.9 Å². The van der Waals surface area contributed by atoms with E-state index >= 15 is 0 Å². The van der Waals surface area contributed by atoms with E-state index in [0.717, 1.165) is 72.0 Å². The summed E-state index contributed by atoms with van der Waals surface area (Å²) in [4.78, 5) is 8.98. The van der Waals surface area contributed by atoms with E-state index in [9.17, 15) is 0 Å². The van der Waals surface area contributed by atoms with Gasteiger partial charge in [-0.15, -0.1) is 0 Å². The minimum atomic E-state index is 0.657. The molecule has 0 aliphatic carbocycles. The molecule has 3 nitrogen and oxygen atoms in total. The molecule has 0 saturated carbocycles. The second kappa shape index (κ2) is 14.3. The molecule has 3 heterocycles. The number of hydrogen-bond donors (Lipinski definition) is 0. The Kier molecular flexibility index (Phi) is 8.17. The van der Waals surface area contributed by atoms with Crippen molar-refractivity contribution in [2.45, 2.75) is 0 Å². The van der Waals surface area contributed by atoms with Crippen LogP contribution in [0.1, 0.15) is 0 Å². The van der Waals surface area contributed by atoms with Gasteiger partial charge in [-0.05, 0) is 149 Å². The van der Waals surface area contributed by atoms with Gasteiger partial charge in [0, 0.05) is 40.5 Å². The van der Waals surface area contributed by atoms with Crippen LogP contribution in [0.25, 0.3) is 121 Å². The van der Waals surface area contributed by atoms with Gasteiger partial charge in [0.2, 0.25) is 5.71 Å². The lowest BCUT2D eigenvalue weighted by Crippen LogP contribution is -1.89. The molecular weight excluding hydrogens is 741 g/mol. The smallest absolute Gasteiger partial charge is 0.227 e.